The largest absolute Gasteiger partial charge is 0.465 e. The fourth-order valence-electron chi connectivity index (χ4n) is 3.61. The van der Waals surface area contributed by atoms with Crippen molar-refractivity contribution in [1.82, 2.24) is 0 Å². The molecule has 0 aromatic heterocycles. The topological polar surface area (TPSA) is 26.3 Å². The molecule has 0 aliphatic heterocycles. The van der Waals surface area contributed by atoms with Crippen molar-refractivity contribution < 1.29 is 9.53 Å². The van der Waals surface area contributed by atoms with E-state index in [9.17, 15) is 4.79 Å². The molecule has 0 amide bonds. The minimum absolute atomic E-state index is 0.0938. The van der Waals surface area contributed by atoms with E-state index in [4.69, 9.17) is 4.74 Å². The van der Waals surface area contributed by atoms with Crippen LogP contribution in [0.3, 0.4) is 0 Å². The summed E-state index contributed by atoms with van der Waals surface area (Å²) < 4.78 is 5.50. The standard InChI is InChI=1S/C26H44O2/c1-5-6-7-8-9-10-11-12-13-14-15-20-28-26(27)23(4)25-18-16-24(17-19-25)21-22(2)3/h16-19,22-23H,5-15,20-21H2,1-4H3. The highest BCUT2D eigenvalue weighted by Crippen LogP contribution is 2.19. The first kappa shape index (κ1) is 24.7. The zero-order valence-electron chi connectivity index (χ0n) is 19.0. The monoisotopic (exact) mass is 388 g/mol. The second-order valence-corrected chi connectivity index (χ2v) is 8.76. The highest BCUT2D eigenvalue weighted by Gasteiger charge is 2.16. The molecule has 0 spiro atoms. The fourth-order valence-corrected chi connectivity index (χ4v) is 3.61. The minimum atomic E-state index is -0.180. The average molecular weight is 389 g/mol. The van der Waals surface area contributed by atoms with Gasteiger partial charge in [-0.25, -0.2) is 0 Å². The number of unbranched alkanes of at least 4 members (excludes halogenated alkanes) is 10. The van der Waals surface area contributed by atoms with Gasteiger partial charge in [0.1, 0.15) is 0 Å². The van der Waals surface area contributed by atoms with Gasteiger partial charge in [0.2, 0.25) is 0 Å². The molecular weight excluding hydrogens is 344 g/mol. The Kier molecular flexibility index (Phi) is 13.8. The second-order valence-electron chi connectivity index (χ2n) is 8.76. The van der Waals surface area contributed by atoms with Gasteiger partial charge in [-0.2, -0.15) is 0 Å². The Bertz CT molecular complexity index is 504. The molecule has 1 aromatic carbocycles. The van der Waals surface area contributed by atoms with Crippen LogP contribution >= 0.6 is 0 Å². The summed E-state index contributed by atoms with van der Waals surface area (Å²) in [5.41, 5.74) is 2.39. The van der Waals surface area contributed by atoms with Crippen LogP contribution in [-0.2, 0) is 16.0 Å². The maximum atomic E-state index is 12.3. The molecule has 160 valence electrons. The lowest BCUT2D eigenvalue weighted by Crippen LogP contribution is -2.14. The zero-order valence-corrected chi connectivity index (χ0v) is 19.0. The average Bonchev–Trinajstić information content (AvgIpc) is 2.68. The summed E-state index contributed by atoms with van der Waals surface area (Å²) in [6.07, 6.45) is 15.5. The van der Waals surface area contributed by atoms with Crippen LogP contribution in [0, 0.1) is 5.92 Å². The molecule has 28 heavy (non-hydrogen) atoms. The summed E-state index contributed by atoms with van der Waals surface area (Å²) in [7, 11) is 0. The molecule has 1 rings (SSSR count). The first-order valence-electron chi connectivity index (χ1n) is 11.8. The molecule has 0 aliphatic rings. The van der Waals surface area contributed by atoms with Crippen LogP contribution in [0.5, 0.6) is 0 Å². The lowest BCUT2D eigenvalue weighted by molar-refractivity contribution is -0.145. The molecule has 0 bridgehead atoms. The molecule has 0 saturated carbocycles. The molecule has 2 heteroatoms. The third-order valence-electron chi connectivity index (χ3n) is 5.47. The summed E-state index contributed by atoms with van der Waals surface area (Å²) >= 11 is 0. The second kappa shape index (κ2) is 15.6. The van der Waals surface area contributed by atoms with Crippen LogP contribution in [0.1, 0.15) is 115 Å². The van der Waals surface area contributed by atoms with Gasteiger partial charge < -0.3 is 4.74 Å². The summed E-state index contributed by atoms with van der Waals surface area (Å²) in [6, 6.07) is 8.43. The summed E-state index contributed by atoms with van der Waals surface area (Å²) in [4.78, 5) is 12.3. The number of carbonyl (C=O) groups excluding carboxylic acids is 1. The Morgan fingerprint density at radius 2 is 1.29 bits per heavy atom. The van der Waals surface area contributed by atoms with Gasteiger partial charge >= 0.3 is 5.97 Å². The van der Waals surface area contributed by atoms with Crippen LogP contribution in [0.15, 0.2) is 24.3 Å². The maximum absolute atomic E-state index is 12.3. The summed E-state index contributed by atoms with van der Waals surface area (Å²) in [5.74, 6) is 0.378. The van der Waals surface area contributed by atoms with E-state index >= 15 is 0 Å². The molecule has 1 unspecified atom stereocenters. The van der Waals surface area contributed by atoms with Crippen molar-refractivity contribution in [2.75, 3.05) is 6.61 Å². The smallest absolute Gasteiger partial charge is 0.313 e. The van der Waals surface area contributed by atoms with Crippen LogP contribution < -0.4 is 0 Å². The third kappa shape index (κ3) is 11.5. The number of ether oxygens (including phenoxy) is 1. The number of carbonyl (C=O) groups is 1. The molecule has 1 atom stereocenters. The lowest BCUT2D eigenvalue weighted by Gasteiger charge is -2.13. The van der Waals surface area contributed by atoms with Crippen molar-refractivity contribution in [3.63, 3.8) is 0 Å². The van der Waals surface area contributed by atoms with E-state index in [2.05, 4.69) is 45.0 Å². The maximum Gasteiger partial charge on any atom is 0.313 e. The Morgan fingerprint density at radius 3 is 1.79 bits per heavy atom. The van der Waals surface area contributed by atoms with E-state index in [0.717, 1.165) is 18.4 Å². The lowest BCUT2D eigenvalue weighted by atomic mass is 9.97. The number of rotatable bonds is 16. The molecule has 0 heterocycles. The van der Waals surface area contributed by atoms with Crippen molar-refractivity contribution in [3.8, 4) is 0 Å². The van der Waals surface area contributed by atoms with Gasteiger partial charge in [0.25, 0.3) is 0 Å². The first-order valence-corrected chi connectivity index (χ1v) is 11.8. The Labute approximate surface area is 174 Å². The van der Waals surface area contributed by atoms with Crippen molar-refractivity contribution in [2.45, 2.75) is 111 Å². The van der Waals surface area contributed by atoms with E-state index < -0.39 is 0 Å². The number of benzene rings is 1. The van der Waals surface area contributed by atoms with E-state index in [-0.39, 0.29) is 11.9 Å². The van der Waals surface area contributed by atoms with Crippen molar-refractivity contribution in [1.29, 1.82) is 0 Å². The van der Waals surface area contributed by atoms with E-state index in [1.54, 1.807) is 0 Å². The van der Waals surface area contributed by atoms with Crippen molar-refractivity contribution in [2.24, 2.45) is 5.92 Å². The number of esters is 1. The fraction of sp³-hybridized carbons (Fsp3) is 0.731. The van der Waals surface area contributed by atoms with Gasteiger partial charge in [-0.15, -0.1) is 0 Å². The quantitative estimate of drug-likeness (QED) is 0.213. The van der Waals surface area contributed by atoms with E-state index in [1.165, 1.54) is 69.8 Å². The third-order valence-corrected chi connectivity index (χ3v) is 5.47. The highest BCUT2D eigenvalue weighted by molar-refractivity contribution is 5.77. The summed E-state index contributed by atoms with van der Waals surface area (Å²) in [5, 5.41) is 0. The molecule has 0 fully saturated rings. The predicted octanol–water partition coefficient (Wildman–Crippen LogP) is 7.84. The normalized spacial score (nSPS) is 12.3. The van der Waals surface area contributed by atoms with Crippen LogP contribution in [0.2, 0.25) is 0 Å². The van der Waals surface area contributed by atoms with Gasteiger partial charge in [-0.05, 0) is 36.8 Å². The molecule has 0 aliphatic carbocycles. The van der Waals surface area contributed by atoms with Gasteiger partial charge in [0, 0.05) is 0 Å². The van der Waals surface area contributed by atoms with Crippen molar-refractivity contribution in [3.05, 3.63) is 35.4 Å². The zero-order chi connectivity index (χ0) is 20.6. The molecule has 1 aromatic rings. The highest BCUT2D eigenvalue weighted by atomic mass is 16.5. The Balaban J connectivity index is 2.06. The van der Waals surface area contributed by atoms with Gasteiger partial charge in [0.05, 0.1) is 12.5 Å². The van der Waals surface area contributed by atoms with E-state index in [1.807, 2.05) is 6.92 Å². The molecule has 0 radical (unpaired) electrons. The SMILES string of the molecule is CCCCCCCCCCCCCOC(=O)C(C)c1ccc(CC(C)C)cc1. The minimum Gasteiger partial charge on any atom is -0.465 e. The van der Waals surface area contributed by atoms with Crippen LogP contribution in [-0.4, -0.2) is 12.6 Å². The predicted molar refractivity (Wildman–Crippen MR) is 121 cm³/mol. The molecule has 0 N–H and O–H groups in total. The molecular formula is C26H44O2. The number of hydrogen-bond acceptors (Lipinski definition) is 2. The van der Waals surface area contributed by atoms with Crippen molar-refractivity contribution >= 4 is 5.97 Å². The first-order chi connectivity index (χ1) is 13.5. The van der Waals surface area contributed by atoms with Gasteiger partial charge in [-0.1, -0.05) is 109 Å². The van der Waals surface area contributed by atoms with E-state index in [0.29, 0.717) is 12.5 Å². The molecule has 0 saturated heterocycles. The van der Waals surface area contributed by atoms with Crippen LogP contribution in [0.25, 0.3) is 0 Å². The van der Waals surface area contributed by atoms with Gasteiger partial charge in [0.15, 0.2) is 0 Å². The Morgan fingerprint density at radius 1 is 0.786 bits per heavy atom. The molecule has 2 nitrogen and oxygen atoms in total. The Hall–Kier alpha value is -1.31. The summed E-state index contributed by atoms with van der Waals surface area (Å²) in [6.45, 7) is 9.22. The number of hydrogen-bond donors (Lipinski definition) is 0. The van der Waals surface area contributed by atoms with Crippen LogP contribution in [0.4, 0.5) is 0 Å². The van der Waals surface area contributed by atoms with Gasteiger partial charge in [-0.3, -0.25) is 4.79 Å².